The summed E-state index contributed by atoms with van der Waals surface area (Å²) in [7, 11) is 1.62. The molecule has 0 bridgehead atoms. The molecule has 1 aromatic heterocycles. The molecule has 8 heteroatoms. The molecule has 2 amide bonds. The van der Waals surface area contributed by atoms with E-state index in [1.807, 2.05) is 39.9 Å². The molecular weight excluding hydrogens is 360 g/mol. The number of aromatic nitrogens is 2. The van der Waals surface area contributed by atoms with Gasteiger partial charge in [0.05, 0.1) is 45.5 Å². The largest absolute Gasteiger partial charge is 0.497 e. The minimum absolute atomic E-state index is 0.0682. The Balaban J connectivity index is 1.40. The Bertz CT molecular complexity index is 856. The molecule has 2 aromatic rings. The van der Waals surface area contributed by atoms with Gasteiger partial charge in [0.1, 0.15) is 5.75 Å². The highest BCUT2D eigenvalue weighted by Gasteiger charge is 2.26. The Kier molecular flexibility index (Phi) is 5.29. The number of methoxy groups -OCH3 is 1. The average molecular weight is 384 g/mol. The van der Waals surface area contributed by atoms with Crippen molar-refractivity contribution in [2.45, 2.75) is 19.5 Å². The quantitative estimate of drug-likeness (QED) is 0.784. The highest BCUT2D eigenvalue weighted by Crippen LogP contribution is 2.18. The molecule has 0 atom stereocenters. The van der Waals surface area contributed by atoms with Gasteiger partial charge < -0.3 is 19.3 Å². The van der Waals surface area contributed by atoms with E-state index in [2.05, 4.69) is 5.10 Å². The predicted octanol–water partition coefficient (Wildman–Crippen LogP) is 0.949. The van der Waals surface area contributed by atoms with E-state index in [1.165, 1.54) is 0 Å². The third-order valence-electron chi connectivity index (χ3n) is 5.18. The van der Waals surface area contributed by atoms with Crippen LogP contribution < -0.4 is 4.74 Å². The number of rotatable bonds is 4. The maximum Gasteiger partial charge on any atom is 0.274 e. The van der Waals surface area contributed by atoms with Gasteiger partial charge in [-0.15, -0.1) is 0 Å². The van der Waals surface area contributed by atoms with E-state index >= 15 is 0 Å². The number of ether oxygens (including phenoxy) is 2. The molecule has 2 aliphatic heterocycles. The lowest BCUT2D eigenvalue weighted by molar-refractivity contribution is -0.132. The Labute approximate surface area is 163 Å². The van der Waals surface area contributed by atoms with Gasteiger partial charge in [-0.1, -0.05) is 12.1 Å². The lowest BCUT2D eigenvalue weighted by Gasteiger charge is -2.27. The highest BCUT2D eigenvalue weighted by molar-refractivity contribution is 5.92. The number of carbonyl (C=O) groups excluding carboxylic acids is 2. The van der Waals surface area contributed by atoms with Gasteiger partial charge in [-0.2, -0.15) is 5.10 Å². The number of hydrogen-bond acceptors (Lipinski definition) is 5. The van der Waals surface area contributed by atoms with Crippen LogP contribution in [0.2, 0.25) is 0 Å². The molecule has 28 heavy (non-hydrogen) atoms. The minimum atomic E-state index is -0.0682. The molecule has 8 nitrogen and oxygen atoms in total. The first-order chi connectivity index (χ1) is 13.6. The number of hydrogen-bond donors (Lipinski definition) is 0. The molecule has 0 N–H and O–H groups in total. The summed E-state index contributed by atoms with van der Waals surface area (Å²) in [6, 6.07) is 9.34. The van der Waals surface area contributed by atoms with E-state index in [1.54, 1.807) is 12.0 Å². The minimum Gasteiger partial charge on any atom is -0.497 e. The maximum absolute atomic E-state index is 12.7. The summed E-state index contributed by atoms with van der Waals surface area (Å²) in [5.74, 6) is 0.774. The molecule has 1 aromatic carbocycles. The third-order valence-corrected chi connectivity index (χ3v) is 5.18. The van der Waals surface area contributed by atoms with Gasteiger partial charge in [-0.25, -0.2) is 0 Å². The fraction of sp³-hybridized carbons (Fsp3) is 0.450. The zero-order valence-corrected chi connectivity index (χ0v) is 16.0. The van der Waals surface area contributed by atoms with Crippen molar-refractivity contribution in [2.24, 2.45) is 0 Å². The van der Waals surface area contributed by atoms with Crippen LogP contribution in [0.5, 0.6) is 5.75 Å². The molecule has 4 rings (SSSR count). The summed E-state index contributed by atoms with van der Waals surface area (Å²) >= 11 is 0. The first-order valence-corrected chi connectivity index (χ1v) is 9.48. The van der Waals surface area contributed by atoms with Crippen LogP contribution in [0.1, 0.15) is 21.7 Å². The average Bonchev–Trinajstić information content (AvgIpc) is 3.17. The second-order valence-corrected chi connectivity index (χ2v) is 6.99. The van der Waals surface area contributed by atoms with Crippen LogP contribution in [0.25, 0.3) is 0 Å². The lowest BCUT2D eigenvalue weighted by Crippen LogP contribution is -2.41. The normalized spacial score (nSPS) is 16.6. The number of carbonyl (C=O) groups is 2. The first kappa shape index (κ1) is 18.5. The zero-order chi connectivity index (χ0) is 19.5. The van der Waals surface area contributed by atoms with E-state index in [0.717, 1.165) is 17.0 Å². The molecule has 0 aliphatic carbocycles. The Morgan fingerprint density at radius 2 is 1.82 bits per heavy atom. The van der Waals surface area contributed by atoms with Crippen molar-refractivity contribution < 1.29 is 19.1 Å². The van der Waals surface area contributed by atoms with Crippen LogP contribution in [0, 0.1) is 0 Å². The summed E-state index contributed by atoms with van der Waals surface area (Å²) in [6.07, 6.45) is 0.345. The molecule has 1 fully saturated rings. The number of morpholine rings is 1. The summed E-state index contributed by atoms with van der Waals surface area (Å²) in [5.41, 5.74) is 2.29. The topological polar surface area (TPSA) is 76.9 Å². The second-order valence-electron chi connectivity index (χ2n) is 6.99. The van der Waals surface area contributed by atoms with Crippen molar-refractivity contribution in [3.8, 4) is 5.75 Å². The summed E-state index contributed by atoms with van der Waals surface area (Å²) in [5, 5.41) is 4.46. The standard InChI is InChI=1S/C20H24N4O4/c1-27-17-4-2-15(3-5-17)12-19(25)23-6-7-24-16(14-23)13-18(21-24)20(26)22-8-10-28-11-9-22/h2-5,13H,6-12,14H2,1H3. The van der Waals surface area contributed by atoms with Crippen LogP contribution >= 0.6 is 0 Å². The van der Waals surface area contributed by atoms with Gasteiger partial charge in [-0.05, 0) is 23.8 Å². The van der Waals surface area contributed by atoms with Crippen molar-refractivity contribution in [1.29, 1.82) is 0 Å². The molecule has 0 unspecified atom stereocenters. The molecule has 2 aliphatic rings. The van der Waals surface area contributed by atoms with Gasteiger partial charge in [0, 0.05) is 19.6 Å². The van der Waals surface area contributed by atoms with Gasteiger partial charge >= 0.3 is 0 Å². The maximum atomic E-state index is 12.7. The monoisotopic (exact) mass is 384 g/mol. The number of nitrogens with zero attached hydrogens (tertiary/aromatic N) is 4. The fourth-order valence-electron chi connectivity index (χ4n) is 3.54. The summed E-state index contributed by atoms with van der Waals surface area (Å²) < 4.78 is 12.3. The highest BCUT2D eigenvalue weighted by atomic mass is 16.5. The summed E-state index contributed by atoms with van der Waals surface area (Å²) in [6.45, 7) is 3.97. The molecule has 3 heterocycles. The second kappa shape index (κ2) is 8.02. The first-order valence-electron chi connectivity index (χ1n) is 9.48. The van der Waals surface area contributed by atoms with Gasteiger partial charge in [-0.3, -0.25) is 14.3 Å². The van der Waals surface area contributed by atoms with E-state index in [4.69, 9.17) is 9.47 Å². The lowest BCUT2D eigenvalue weighted by atomic mass is 10.1. The Morgan fingerprint density at radius 3 is 2.54 bits per heavy atom. The van der Waals surface area contributed by atoms with E-state index < -0.39 is 0 Å². The van der Waals surface area contributed by atoms with Crippen LogP contribution in [0.3, 0.4) is 0 Å². The van der Waals surface area contributed by atoms with Crippen LogP contribution in [0.15, 0.2) is 30.3 Å². The van der Waals surface area contributed by atoms with Crippen molar-refractivity contribution in [2.75, 3.05) is 40.0 Å². The SMILES string of the molecule is COc1ccc(CC(=O)N2CCn3nc(C(=O)N4CCOCC4)cc3C2)cc1. The van der Waals surface area contributed by atoms with Crippen molar-refractivity contribution in [3.05, 3.63) is 47.3 Å². The van der Waals surface area contributed by atoms with Crippen LogP contribution in [-0.4, -0.2) is 71.4 Å². The molecule has 1 saturated heterocycles. The Hall–Kier alpha value is -2.87. The number of benzene rings is 1. The molecule has 148 valence electrons. The molecule has 0 radical (unpaired) electrons. The number of amides is 2. The molecule has 0 spiro atoms. The molecular formula is C20H24N4O4. The smallest absolute Gasteiger partial charge is 0.274 e. The predicted molar refractivity (Wildman–Crippen MR) is 101 cm³/mol. The Morgan fingerprint density at radius 1 is 1.07 bits per heavy atom. The van der Waals surface area contributed by atoms with Crippen molar-refractivity contribution in [1.82, 2.24) is 19.6 Å². The van der Waals surface area contributed by atoms with Crippen LogP contribution in [-0.2, 0) is 29.0 Å². The van der Waals surface area contributed by atoms with Gasteiger partial charge in [0.15, 0.2) is 5.69 Å². The number of fused-ring (bicyclic) bond motifs is 1. The van der Waals surface area contributed by atoms with Crippen LogP contribution in [0.4, 0.5) is 0 Å². The third kappa shape index (κ3) is 3.87. The fourth-order valence-corrected chi connectivity index (χ4v) is 3.54. The van der Waals surface area contributed by atoms with Gasteiger partial charge in [0.25, 0.3) is 5.91 Å². The van der Waals surface area contributed by atoms with Crippen molar-refractivity contribution >= 4 is 11.8 Å². The van der Waals surface area contributed by atoms with Crippen molar-refractivity contribution in [3.63, 3.8) is 0 Å². The van der Waals surface area contributed by atoms with E-state index in [-0.39, 0.29) is 11.8 Å². The molecule has 0 saturated carbocycles. The van der Waals surface area contributed by atoms with Gasteiger partial charge in [0.2, 0.25) is 5.91 Å². The van der Waals surface area contributed by atoms with E-state index in [0.29, 0.717) is 58.1 Å². The van der Waals surface area contributed by atoms with E-state index in [9.17, 15) is 9.59 Å². The zero-order valence-electron chi connectivity index (χ0n) is 16.0. The summed E-state index contributed by atoms with van der Waals surface area (Å²) in [4.78, 5) is 28.9.